The summed E-state index contributed by atoms with van der Waals surface area (Å²) in [4.78, 5) is 22.8. The molecule has 6 heteroatoms. The van der Waals surface area contributed by atoms with Crippen LogP contribution >= 0.6 is 11.6 Å². The van der Waals surface area contributed by atoms with Gasteiger partial charge in [0.1, 0.15) is 0 Å². The molecule has 2 rings (SSSR count). The number of hydrogen-bond acceptors (Lipinski definition) is 2. The fourth-order valence-electron chi connectivity index (χ4n) is 2.56. The molecule has 0 aromatic heterocycles. The molecule has 0 spiro atoms. The topological polar surface area (TPSA) is 78.4 Å². The fraction of sp³-hybridized carbons (Fsp3) is 0.429. The summed E-state index contributed by atoms with van der Waals surface area (Å²) in [6.45, 7) is 0.368. The van der Waals surface area contributed by atoms with Crippen LogP contribution in [0.1, 0.15) is 19.3 Å². The predicted octanol–water partition coefficient (Wildman–Crippen LogP) is 2.96. The Morgan fingerprint density at radius 3 is 2.75 bits per heavy atom. The van der Waals surface area contributed by atoms with Gasteiger partial charge < -0.3 is 15.7 Å². The van der Waals surface area contributed by atoms with Gasteiger partial charge in [0.15, 0.2) is 0 Å². The van der Waals surface area contributed by atoms with Crippen molar-refractivity contribution in [2.24, 2.45) is 11.8 Å². The Bertz CT molecular complexity index is 507. The zero-order valence-electron chi connectivity index (χ0n) is 10.9. The van der Waals surface area contributed by atoms with Crippen LogP contribution in [0.5, 0.6) is 0 Å². The lowest BCUT2D eigenvalue weighted by Gasteiger charge is -2.16. The number of carbonyl (C=O) groups excluding carboxylic acids is 1. The van der Waals surface area contributed by atoms with Crippen LogP contribution in [0.15, 0.2) is 24.3 Å². The molecule has 0 radical (unpaired) electrons. The number of benzene rings is 1. The fourth-order valence-corrected chi connectivity index (χ4v) is 2.74. The van der Waals surface area contributed by atoms with Crippen molar-refractivity contribution in [1.82, 2.24) is 5.32 Å². The van der Waals surface area contributed by atoms with Crippen LogP contribution in [0.4, 0.5) is 10.5 Å². The van der Waals surface area contributed by atoms with Crippen LogP contribution in [0.3, 0.4) is 0 Å². The summed E-state index contributed by atoms with van der Waals surface area (Å²) in [5, 5.41) is 14.9. The highest BCUT2D eigenvalue weighted by molar-refractivity contribution is 6.33. The van der Waals surface area contributed by atoms with E-state index in [0.29, 0.717) is 23.7 Å². The first-order chi connectivity index (χ1) is 9.58. The number of nitrogens with one attached hydrogen (secondary N) is 2. The number of halogens is 1. The van der Waals surface area contributed by atoms with E-state index < -0.39 is 5.97 Å². The van der Waals surface area contributed by atoms with Crippen LogP contribution in [-0.4, -0.2) is 23.7 Å². The first-order valence-corrected chi connectivity index (χ1v) is 6.98. The predicted molar refractivity (Wildman–Crippen MR) is 76.9 cm³/mol. The van der Waals surface area contributed by atoms with Gasteiger partial charge in [-0.1, -0.05) is 30.2 Å². The smallest absolute Gasteiger partial charge is 0.319 e. The summed E-state index contributed by atoms with van der Waals surface area (Å²) in [5.74, 6) is -1.12. The molecule has 20 heavy (non-hydrogen) atoms. The Morgan fingerprint density at radius 1 is 1.30 bits per heavy atom. The Hall–Kier alpha value is -1.75. The first kappa shape index (κ1) is 14.7. The Kier molecular flexibility index (Phi) is 4.84. The number of amides is 2. The molecule has 108 valence electrons. The normalized spacial score (nSPS) is 21.4. The van der Waals surface area contributed by atoms with E-state index >= 15 is 0 Å². The van der Waals surface area contributed by atoms with Gasteiger partial charge in [-0.15, -0.1) is 0 Å². The molecule has 1 saturated carbocycles. The summed E-state index contributed by atoms with van der Waals surface area (Å²) in [6, 6.07) is 6.58. The molecular weight excluding hydrogens is 280 g/mol. The van der Waals surface area contributed by atoms with E-state index in [1.807, 2.05) is 0 Å². The monoisotopic (exact) mass is 296 g/mol. The highest BCUT2D eigenvalue weighted by atomic mass is 35.5. The maximum atomic E-state index is 11.8. The molecule has 1 aromatic rings. The van der Waals surface area contributed by atoms with E-state index in [1.165, 1.54) is 0 Å². The van der Waals surface area contributed by atoms with Gasteiger partial charge in [0.25, 0.3) is 0 Å². The average molecular weight is 297 g/mol. The Morgan fingerprint density at radius 2 is 2.05 bits per heavy atom. The summed E-state index contributed by atoms with van der Waals surface area (Å²) in [6.07, 6.45) is 2.42. The third-order valence-corrected chi connectivity index (χ3v) is 3.95. The van der Waals surface area contributed by atoms with Crippen molar-refractivity contribution in [1.29, 1.82) is 0 Å². The molecule has 0 saturated heterocycles. The number of urea groups is 1. The second-order valence-corrected chi connectivity index (χ2v) is 5.36. The molecule has 5 nitrogen and oxygen atoms in total. The summed E-state index contributed by atoms with van der Waals surface area (Å²) in [5.41, 5.74) is 0.535. The molecule has 1 aliphatic rings. The number of anilines is 1. The van der Waals surface area contributed by atoms with Gasteiger partial charge >= 0.3 is 12.0 Å². The second-order valence-electron chi connectivity index (χ2n) is 4.95. The van der Waals surface area contributed by atoms with Crippen LogP contribution in [-0.2, 0) is 4.79 Å². The van der Waals surface area contributed by atoms with Crippen molar-refractivity contribution in [2.45, 2.75) is 19.3 Å². The minimum Gasteiger partial charge on any atom is -0.481 e. The van der Waals surface area contributed by atoms with Crippen molar-refractivity contribution in [3.63, 3.8) is 0 Å². The zero-order chi connectivity index (χ0) is 14.5. The van der Waals surface area contributed by atoms with Gasteiger partial charge in [0.2, 0.25) is 0 Å². The average Bonchev–Trinajstić information content (AvgIpc) is 2.88. The van der Waals surface area contributed by atoms with Crippen LogP contribution < -0.4 is 10.6 Å². The molecule has 1 aromatic carbocycles. The van der Waals surface area contributed by atoms with Crippen LogP contribution in [0.2, 0.25) is 5.02 Å². The lowest BCUT2D eigenvalue weighted by molar-refractivity contribution is -0.142. The Labute approximate surface area is 122 Å². The van der Waals surface area contributed by atoms with Crippen molar-refractivity contribution < 1.29 is 14.7 Å². The maximum Gasteiger partial charge on any atom is 0.319 e. The number of carboxylic acid groups (broad SMARTS) is 1. The van der Waals surface area contributed by atoms with E-state index in [1.54, 1.807) is 24.3 Å². The molecule has 0 bridgehead atoms. The van der Waals surface area contributed by atoms with Gasteiger partial charge in [-0.2, -0.15) is 0 Å². The van der Waals surface area contributed by atoms with E-state index in [9.17, 15) is 9.59 Å². The molecule has 2 amide bonds. The molecule has 2 atom stereocenters. The van der Waals surface area contributed by atoms with Gasteiger partial charge in [0, 0.05) is 6.54 Å². The molecule has 1 aliphatic carbocycles. The van der Waals surface area contributed by atoms with E-state index in [-0.39, 0.29) is 17.9 Å². The molecule has 0 heterocycles. The van der Waals surface area contributed by atoms with E-state index in [2.05, 4.69) is 10.6 Å². The maximum absolute atomic E-state index is 11.8. The quantitative estimate of drug-likeness (QED) is 0.799. The minimum absolute atomic E-state index is 0.00416. The largest absolute Gasteiger partial charge is 0.481 e. The van der Waals surface area contributed by atoms with Gasteiger partial charge in [0.05, 0.1) is 16.6 Å². The number of hydrogen-bond donors (Lipinski definition) is 3. The lowest BCUT2D eigenvalue weighted by Crippen LogP contribution is -2.35. The standard InChI is InChI=1S/C14H17ClN2O3/c15-11-6-1-2-7-12(11)17-14(20)16-8-9-4-3-5-10(9)13(18)19/h1-2,6-7,9-10H,3-5,8H2,(H,18,19)(H2,16,17,20). The summed E-state index contributed by atoms with van der Waals surface area (Å²) < 4.78 is 0. The number of para-hydroxylation sites is 1. The summed E-state index contributed by atoms with van der Waals surface area (Å²) in [7, 11) is 0. The van der Waals surface area contributed by atoms with Gasteiger partial charge in [-0.25, -0.2) is 4.79 Å². The molecule has 3 N–H and O–H groups in total. The SMILES string of the molecule is O=C(NCC1CCCC1C(=O)O)Nc1ccccc1Cl. The van der Waals surface area contributed by atoms with Crippen LogP contribution in [0.25, 0.3) is 0 Å². The van der Waals surface area contributed by atoms with E-state index in [4.69, 9.17) is 16.7 Å². The molecular formula is C14H17ClN2O3. The highest BCUT2D eigenvalue weighted by Gasteiger charge is 2.32. The first-order valence-electron chi connectivity index (χ1n) is 6.60. The highest BCUT2D eigenvalue weighted by Crippen LogP contribution is 2.31. The summed E-state index contributed by atoms with van der Waals surface area (Å²) >= 11 is 5.94. The lowest BCUT2D eigenvalue weighted by atomic mass is 9.96. The molecule has 1 fully saturated rings. The minimum atomic E-state index is -0.777. The van der Waals surface area contributed by atoms with Gasteiger partial charge in [-0.3, -0.25) is 4.79 Å². The van der Waals surface area contributed by atoms with Gasteiger partial charge in [-0.05, 0) is 30.9 Å². The third-order valence-electron chi connectivity index (χ3n) is 3.62. The van der Waals surface area contributed by atoms with Crippen molar-refractivity contribution >= 4 is 29.3 Å². The molecule has 0 aliphatic heterocycles. The number of rotatable bonds is 4. The number of aliphatic carboxylic acids is 1. The third kappa shape index (κ3) is 3.63. The number of carbonyl (C=O) groups is 2. The Balaban J connectivity index is 1.84. The number of carboxylic acids is 1. The second kappa shape index (κ2) is 6.61. The van der Waals surface area contributed by atoms with Crippen molar-refractivity contribution in [3.05, 3.63) is 29.3 Å². The molecule has 2 unspecified atom stereocenters. The zero-order valence-corrected chi connectivity index (χ0v) is 11.7. The van der Waals surface area contributed by atoms with Crippen molar-refractivity contribution in [2.75, 3.05) is 11.9 Å². The van der Waals surface area contributed by atoms with Crippen LogP contribution in [0, 0.1) is 11.8 Å². The van der Waals surface area contributed by atoms with Crippen molar-refractivity contribution in [3.8, 4) is 0 Å². The van der Waals surface area contributed by atoms with E-state index in [0.717, 1.165) is 12.8 Å².